The average molecular weight is 372 g/mol. The number of benzene rings is 1. The SMILES string of the molecule is CCN(CC)C(=O)Cn1c(C(C)NC(=O)C2CCCO2)nc2ccccc21. The normalized spacial score (nSPS) is 17.8. The summed E-state index contributed by atoms with van der Waals surface area (Å²) in [6, 6.07) is 7.41. The van der Waals surface area contributed by atoms with Crippen LogP contribution in [0.4, 0.5) is 0 Å². The quantitative estimate of drug-likeness (QED) is 0.809. The minimum absolute atomic E-state index is 0.0436. The molecule has 0 spiro atoms. The molecule has 0 saturated carbocycles. The number of fused-ring (bicyclic) bond motifs is 1. The number of likely N-dealkylation sites (N-methyl/N-ethyl adjacent to an activating group) is 1. The second kappa shape index (κ2) is 8.52. The van der Waals surface area contributed by atoms with Crippen LogP contribution in [0.15, 0.2) is 24.3 Å². The van der Waals surface area contributed by atoms with Gasteiger partial charge < -0.3 is 19.5 Å². The van der Waals surface area contributed by atoms with Crippen LogP contribution in [0, 0.1) is 0 Å². The van der Waals surface area contributed by atoms with Gasteiger partial charge in [0, 0.05) is 19.7 Å². The van der Waals surface area contributed by atoms with E-state index < -0.39 is 0 Å². The molecule has 1 aliphatic rings. The fourth-order valence-electron chi connectivity index (χ4n) is 3.56. The van der Waals surface area contributed by atoms with E-state index in [-0.39, 0.29) is 30.5 Å². The molecule has 7 heteroatoms. The number of hydrogen-bond acceptors (Lipinski definition) is 4. The zero-order valence-corrected chi connectivity index (χ0v) is 16.3. The van der Waals surface area contributed by atoms with Crippen molar-refractivity contribution in [1.29, 1.82) is 0 Å². The van der Waals surface area contributed by atoms with Crippen LogP contribution in [0.3, 0.4) is 0 Å². The minimum atomic E-state index is -0.386. The Morgan fingerprint density at radius 1 is 1.33 bits per heavy atom. The fourth-order valence-corrected chi connectivity index (χ4v) is 3.56. The van der Waals surface area contributed by atoms with Crippen molar-refractivity contribution in [2.24, 2.45) is 0 Å². The largest absolute Gasteiger partial charge is 0.368 e. The van der Waals surface area contributed by atoms with Gasteiger partial charge in [-0.05, 0) is 45.7 Å². The van der Waals surface area contributed by atoms with E-state index in [4.69, 9.17) is 9.72 Å². The first-order valence-electron chi connectivity index (χ1n) is 9.70. The van der Waals surface area contributed by atoms with Crippen molar-refractivity contribution in [3.63, 3.8) is 0 Å². The highest BCUT2D eigenvalue weighted by Crippen LogP contribution is 2.22. The molecule has 3 rings (SSSR count). The smallest absolute Gasteiger partial charge is 0.249 e. The third kappa shape index (κ3) is 4.13. The summed E-state index contributed by atoms with van der Waals surface area (Å²) in [5.74, 6) is 0.610. The number of ether oxygens (including phenoxy) is 1. The summed E-state index contributed by atoms with van der Waals surface area (Å²) in [6.45, 7) is 8.01. The first-order valence-corrected chi connectivity index (χ1v) is 9.70. The summed E-state index contributed by atoms with van der Waals surface area (Å²) in [4.78, 5) is 31.6. The summed E-state index contributed by atoms with van der Waals surface area (Å²) < 4.78 is 7.38. The fraction of sp³-hybridized carbons (Fsp3) is 0.550. The van der Waals surface area contributed by atoms with E-state index >= 15 is 0 Å². The molecular weight excluding hydrogens is 344 g/mol. The van der Waals surface area contributed by atoms with Gasteiger partial charge in [-0.1, -0.05) is 12.1 Å². The van der Waals surface area contributed by atoms with Gasteiger partial charge >= 0.3 is 0 Å². The van der Waals surface area contributed by atoms with Crippen LogP contribution in [0.25, 0.3) is 11.0 Å². The van der Waals surface area contributed by atoms with Gasteiger partial charge in [-0.15, -0.1) is 0 Å². The molecule has 0 aliphatic carbocycles. The van der Waals surface area contributed by atoms with Gasteiger partial charge in [0.05, 0.1) is 17.1 Å². The van der Waals surface area contributed by atoms with E-state index in [1.807, 2.05) is 49.6 Å². The maximum absolute atomic E-state index is 12.7. The van der Waals surface area contributed by atoms with Gasteiger partial charge in [-0.3, -0.25) is 9.59 Å². The van der Waals surface area contributed by atoms with Crippen LogP contribution < -0.4 is 5.32 Å². The molecule has 2 atom stereocenters. The van der Waals surface area contributed by atoms with Crippen molar-refractivity contribution >= 4 is 22.8 Å². The summed E-state index contributed by atoms with van der Waals surface area (Å²) >= 11 is 0. The summed E-state index contributed by atoms with van der Waals surface area (Å²) in [6.07, 6.45) is 1.27. The van der Waals surface area contributed by atoms with E-state index in [1.165, 1.54) is 0 Å². The summed E-state index contributed by atoms with van der Waals surface area (Å²) in [5.41, 5.74) is 1.71. The van der Waals surface area contributed by atoms with Gasteiger partial charge in [0.15, 0.2) is 0 Å². The highest BCUT2D eigenvalue weighted by atomic mass is 16.5. The second-order valence-electron chi connectivity index (χ2n) is 6.84. The topological polar surface area (TPSA) is 76.5 Å². The Bertz CT molecular complexity index is 807. The van der Waals surface area contributed by atoms with Crippen LogP contribution in [-0.4, -0.2) is 52.1 Å². The molecule has 7 nitrogen and oxygen atoms in total. The summed E-state index contributed by atoms with van der Waals surface area (Å²) in [5, 5.41) is 3.00. The van der Waals surface area contributed by atoms with E-state index in [0.29, 0.717) is 25.5 Å². The van der Waals surface area contributed by atoms with Crippen LogP contribution in [-0.2, 0) is 20.9 Å². The van der Waals surface area contributed by atoms with Gasteiger partial charge in [0.25, 0.3) is 0 Å². The van der Waals surface area contributed by atoms with E-state index in [1.54, 1.807) is 4.90 Å². The number of imidazole rings is 1. The third-order valence-corrected chi connectivity index (χ3v) is 5.06. The van der Waals surface area contributed by atoms with Gasteiger partial charge in [-0.25, -0.2) is 4.98 Å². The van der Waals surface area contributed by atoms with Crippen LogP contribution in [0.1, 0.15) is 45.5 Å². The second-order valence-corrected chi connectivity index (χ2v) is 6.84. The molecule has 2 aromatic rings. The highest BCUT2D eigenvalue weighted by molar-refractivity contribution is 5.83. The number of amides is 2. The van der Waals surface area contributed by atoms with Crippen LogP contribution in [0.2, 0.25) is 0 Å². The summed E-state index contributed by atoms with van der Waals surface area (Å²) in [7, 11) is 0. The van der Waals surface area contributed by atoms with Crippen molar-refractivity contribution in [3.8, 4) is 0 Å². The molecule has 146 valence electrons. The molecule has 2 amide bonds. The predicted molar refractivity (Wildman–Crippen MR) is 103 cm³/mol. The lowest BCUT2D eigenvalue weighted by Gasteiger charge is -2.22. The minimum Gasteiger partial charge on any atom is -0.368 e. The molecule has 1 aliphatic heterocycles. The van der Waals surface area contributed by atoms with Crippen LogP contribution in [0.5, 0.6) is 0 Å². The molecular formula is C20H28N4O3. The maximum atomic E-state index is 12.7. The van der Waals surface area contributed by atoms with Gasteiger partial charge in [-0.2, -0.15) is 0 Å². The molecule has 1 fully saturated rings. The Labute approximate surface area is 159 Å². The average Bonchev–Trinajstić information content (AvgIpc) is 3.31. The number of nitrogens with one attached hydrogen (secondary N) is 1. The molecule has 1 N–H and O–H groups in total. The Hall–Kier alpha value is -2.41. The Balaban J connectivity index is 1.87. The van der Waals surface area contributed by atoms with Crippen molar-refractivity contribution < 1.29 is 14.3 Å². The van der Waals surface area contributed by atoms with Crippen molar-refractivity contribution in [2.45, 2.75) is 52.3 Å². The number of nitrogens with zero attached hydrogens (tertiary/aromatic N) is 3. The van der Waals surface area contributed by atoms with E-state index in [9.17, 15) is 9.59 Å². The highest BCUT2D eigenvalue weighted by Gasteiger charge is 2.27. The van der Waals surface area contributed by atoms with Crippen LogP contribution >= 0.6 is 0 Å². The number of aromatic nitrogens is 2. The van der Waals surface area contributed by atoms with E-state index in [0.717, 1.165) is 23.9 Å². The maximum Gasteiger partial charge on any atom is 0.249 e. The number of para-hydroxylation sites is 2. The molecule has 2 unspecified atom stereocenters. The molecule has 2 heterocycles. The lowest BCUT2D eigenvalue weighted by Crippen LogP contribution is -2.38. The van der Waals surface area contributed by atoms with Gasteiger partial charge in [0.2, 0.25) is 11.8 Å². The zero-order valence-electron chi connectivity index (χ0n) is 16.3. The lowest BCUT2D eigenvalue weighted by atomic mass is 10.2. The number of carbonyl (C=O) groups excluding carboxylic acids is 2. The van der Waals surface area contributed by atoms with E-state index in [2.05, 4.69) is 5.32 Å². The molecule has 1 aromatic heterocycles. The molecule has 27 heavy (non-hydrogen) atoms. The third-order valence-electron chi connectivity index (χ3n) is 5.06. The first kappa shape index (κ1) is 19.4. The Morgan fingerprint density at radius 3 is 2.74 bits per heavy atom. The van der Waals surface area contributed by atoms with Gasteiger partial charge in [0.1, 0.15) is 18.5 Å². The zero-order chi connectivity index (χ0) is 19.4. The molecule has 0 radical (unpaired) electrons. The van der Waals surface area contributed by atoms with Crippen molar-refractivity contribution in [1.82, 2.24) is 19.8 Å². The molecule has 0 bridgehead atoms. The Kier molecular flexibility index (Phi) is 6.11. The number of rotatable bonds is 7. The predicted octanol–water partition coefficient (Wildman–Crippen LogP) is 2.26. The lowest BCUT2D eigenvalue weighted by molar-refractivity contribution is -0.131. The standard InChI is InChI=1S/C20H28N4O3/c1-4-23(5-2)18(25)13-24-16-10-7-6-9-15(16)22-19(24)14(3)21-20(26)17-11-8-12-27-17/h6-7,9-10,14,17H,4-5,8,11-13H2,1-3H3,(H,21,26). The Morgan fingerprint density at radius 2 is 2.07 bits per heavy atom. The monoisotopic (exact) mass is 372 g/mol. The number of hydrogen-bond donors (Lipinski definition) is 1. The molecule has 1 saturated heterocycles. The number of carbonyl (C=O) groups is 2. The van der Waals surface area contributed by atoms with Crippen molar-refractivity contribution in [2.75, 3.05) is 19.7 Å². The van der Waals surface area contributed by atoms with Crippen molar-refractivity contribution in [3.05, 3.63) is 30.1 Å². The first-order chi connectivity index (χ1) is 13.0. The molecule has 1 aromatic carbocycles.